The summed E-state index contributed by atoms with van der Waals surface area (Å²) in [6, 6.07) is 6.15. The third-order valence-electron chi connectivity index (χ3n) is 3.82. The fraction of sp³-hybridized carbons (Fsp3) is 0.533. The molecule has 1 amide bonds. The van der Waals surface area contributed by atoms with Crippen LogP contribution in [-0.4, -0.2) is 23.7 Å². The van der Waals surface area contributed by atoms with Crippen molar-refractivity contribution < 1.29 is 14.3 Å². The monoisotopic (exact) mass is 265 g/mol. The van der Waals surface area contributed by atoms with Gasteiger partial charge >= 0.3 is 0 Å². The third kappa shape index (κ3) is 3.13. The molecule has 0 bridgehead atoms. The van der Waals surface area contributed by atoms with Gasteiger partial charge in [-0.1, -0.05) is 19.1 Å². The van der Waals surface area contributed by atoms with E-state index in [9.17, 15) is 14.3 Å². The number of rotatable bonds is 6. The normalized spacial score (nSPS) is 17.8. The summed E-state index contributed by atoms with van der Waals surface area (Å²) < 4.78 is 12.9. The Morgan fingerprint density at radius 1 is 1.42 bits per heavy atom. The van der Waals surface area contributed by atoms with E-state index in [1.807, 2.05) is 6.92 Å². The summed E-state index contributed by atoms with van der Waals surface area (Å²) in [4.78, 5) is 12.2. The number of benzene rings is 1. The maximum Gasteiger partial charge on any atom is 0.230 e. The van der Waals surface area contributed by atoms with E-state index in [1.165, 1.54) is 12.1 Å². The van der Waals surface area contributed by atoms with Crippen molar-refractivity contribution in [2.24, 2.45) is 0 Å². The first kappa shape index (κ1) is 14.0. The highest BCUT2D eigenvalue weighted by molar-refractivity contribution is 5.91. The van der Waals surface area contributed by atoms with Gasteiger partial charge in [-0.05, 0) is 43.4 Å². The molecule has 1 aromatic rings. The van der Waals surface area contributed by atoms with Crippen LogP contribution in [0.1, 0.15) is 38.2 Å². The van der Waals surface area contributed by atoms with Crippen molar-refractivity contribution in [2.45, 2.75) is 44.1 Å². The molecule has 19 heavy (non-hydrogen) atoms. The van der Waals surface area contributed by atoms with E-state index in [0.717, 1.165) is 18.4 Å². The van der Waals surface area contributed by atoms with Crippen LogP contribution in [0.4, 0.5) is 4.39 Å². The van der Waals surface area contributed by atoms with Gasteiger partial charge in [0.25, 0.3) is 0 Å². The largest absolute Gasteiger partial charge is 0.393 e. The Morgan fingerprint density at radius 3 is 2.58 bits per heavy atom. The minimum atomic E-state index is -0.467. The number of hydrogen-bond acceptors (Lipinski definition) is 2. The topological polar surface area (TPSA) is 49.3 Å². The SMILES string of the molecule is CCC(O)CCNC(=O)C1(c2ccc(F)cc2)CC1. The quantitative estimate of drug-likeness (QED) is 0.828. The molecule has 0 radical (unpaired) electrons. The van der Waals surface area contributed by atoms with Crippen molar-refractivity contribution in [3.05, 3.63) is 35.6 Å². The number of nitrogens with one attached hydrogen (secondary N) is 1. The minimum Gasteiger partial charge on any atom is -0.393 e. The summed E-state index contributed by atoms with van der Waals surface area (Å²) in [5.41, 5.74) is 0.410. The average molecular weight is 265 g/mol. The van der Waals surface area contributed by atoms with Crippen LogP contribution >= 0.6 is 0 Å². The zero-order valence-corrected chi connectivity index (χ0v) is 11.2. The summed E-state index contributed by atoms with van der Waals surface area (Å²) in [5.74, 6) is -0.298. The first-order valence-electron chi connectivity index (χ1n) is 6.81. The zero-order chi connectivity index (χ0) is 13.9. The first-order chi connectivity index (χ1) is 9.08. The average Bonchev–Trinajstić information content (AvgIpc) is 3.20. The van der Waals surface area contributed by atoms with E-state index < -0.39 is 5.41 Å². The Kier molecular flexibility index (Phi) is 4.20. The maximum atomic E-state index is 12.9. The highest BCUT2D eigenvalue weighted by Gasteiger charge is 2.50. The van der Waals surface area contributed by atoms with Gasteiger partial charge in [-0.2, -0.15) is 0 Å². The van der Waals surface area contributed by atoms with Crippen molar-refractivity contribution >= 4 is 5.91 Å². The number of halogens is 1. The van der Waals surface area contributed by atoms with Gasteiger partial charge in [0.1, 0.15) is 5.82 Å². The Hall–Kier alpha value is -1.42. The predicted molar refractivity (Wildman–Crippen MR) is 71.2 cm³/mol. The molecule has 1 aromatic carbocycles. The van der Waals surface area contributed by atoms with Crippen LogP contribution in [0.2, 0.25) is 0 Å². The fourth-order valence-corrected chi connectivity index (χ4v) is 2.27. The number of carbonyl (C=O) groups excluding carboxylic acids is 1. The standard InChI is InChI=1S/C15H20FNO2/c1-2-13(18)7-10-17-14(19)15(8-9-15)11-3-5-12(16)6-4-11/h3-6,13,18H,2,7-10H2,1H3,(H,17,19). The molecule has 0 spiro atoms. The second-order valence-corrected chi connectivity index (χ2v) is 5.20. The molecule has 0 saturated heterocycles. The van der Waals surface area contributed by atoms with Gasteiger partial charge in [0.15, 0.2) is 0 Å². The highest BCUT2D eigenvalue weighted by Crippen LogP contribution is 2.48. The molecular formula is C15H20FNO2. The van der Waals surface area contributed by atoms with E-state index in [1.54, 1.807) is 12.1 Å². The summed E-state index contributed by atoms with van der Waals surface area (Å²) >= 11 is 0. The van der Waals surface area contributed by atoms with E-state index in [0.29, 0.717) is 19.4 Å². The van der Waals surface area contributed by atoms with Crippen LogP contribution < -0.4 is 5.32 Å². The Morgan fingerprint density at radius 2 is 2.05 bits per heavy atom. The van der Waals surface area contributed by atoms with E-state index >= 15 is 0 Å². The molecule has 1 aliphatic rings. The van der Waals surface area contributed by atoms with Crippen LogP contribution in [0.5, 0.6) is 0 Å². The number of hydrogen-bond donors (Lipinski definition) is 2. The maximum absolute atomic E-state index is 12.9. The molecule has 1 unspecified atom stereocenters. The van der Waals surface area contributed by atoms with Crippen LogP contribution in [0, 0.1) is 5.82 Å². The van der Waals surface area contributed by atoms with Gasteiger partial charge in [0.05, 0.1) is 11.5 Å². The summed E-state index contributed by atoms with van der Waals surface area (Å²) in [5, 5.41) is 12.3. The summed E-state index contributed by atoms with van der Waals surface area (Å²) in [6.07, 6.45) is 2.52. The highest BCUT2D eigenvalue weighted by atomic mass is 19.1. The second-order valence-electron chi connectivity index (χ2n) is 5.20. The third-order valence-corrected chi connectivity index (χ3v) is 3.82. The molecule has 1 aliphatic carbocycles. The van der Waals surface area contributed by atoms with Gasteiger partial charge in [-0.15, -0.1) is 0 Å². The second kappa shape index (κ2) is 5.70. The lowest BCUT2D eigenvalue weighted by atomic mass is 9.95. The molecule has 1 atom stereocenters. The van der Waals surface area contributed by atoms with Crippen molar-refractivity contribution in [2.75, 3.05) is 6.54 Å². The van der Waals surface area contributed by atoms with Gasteiger partial charge in [-0.25, -0.2) is 4.39 Å². The molecule has 104 valence electrons. The Balaban J connectivity index is 1.93. The summed E-state index contributed by atoms with van der Waals surface area (Å²) in [7, 11) is 0. The molecular weight excluding hydrogens is 245 g/mol. The number of carbonyl (C=O) groups is 1. The predicted octanol–water partition coefficient (Wildman–Crippen LogP) is 2.13. The Bertz CT molecular complexity index is 440. The first-order valence-corrected chi connectivity index (χ1v) is 6.81. The lowest BCUT2D eigenvalue weighted by Gasteiger charge is -2.16. The molecule has 4 heteroatoms. The molecule has 2 N–H and O–H groups in total. The van der Waals surface area contributed by atoms with E-state index in [4.69, 9.17) is 0 Å². The fourth-order valence-electron chi connectivity index (χ4n) is 2.27. The van der Waals surface area contributed by atoms with Crippen molar-refractivity contribution in [1.29, 1.82) is 0 Å². The molecule has 1 saturated carbocycles. The molecule has 2 rings (SSSR count). The van der Waals surface area contributed by atoms with Gasteiger partial charge in [0, 0.05) is 6.54 Å². The number of aliphatic hydroxyl groups is 1. The number of aliphatic hydroxyl groups excluding tert-OH is 1. The lowest BCUT2D eigenvalue weighted by Crippen LogP contribution is -2.36. The van der Waals surface area contributed by atoms with Crippen LogP contribution in [0.15, 0.2) is 24.3 Å². The Labute approximate surface area is 112 Å². The van der Waals surface area contributed by atoms with Crippen LogP contribution in [-0.2, 0) is 10.2 Å². The minimum absolute atomic E-state index is 0.0117. The number of amides is 1. The van der Waals surface area contributed by atoms with Crippen LogP contribution in [0.3, 0.4) is 0 Å². The van der Waals surface area contributed by atoms with Crippen molar-refractivity contribution in [3.8, 4) is 0 Å². The van der Waals surface area contributed by atoms with Crippen LogP contribution in [0.25, 0.3) is 0 Å². The smallest absolute Gasteiger partial charge is 0.230 e. The summed E-state index contributed by atoms with van der Waals surface area (Å²) in [6.45, 7) is 2.39. The van der Waals surface area contributed by atoms with Gasteiger partial charge in [-0.3, -0.25) is 4.79 Å². The molecule has 3 nitrogen and oxygen atoms in total. The molecule has 0 heterocycles. The molecule has 0 aliphatic heterocycles. The zero-order valence-electron chi connectivity index (χ0n) is 11.2. The van der Waals surface area contributed by atoms with E-state index in [-0.39, 0.29) is 17.8 Å². The van der Waals surface area contributed by atoms with Gasteiger partial charge in [0.2, 0.25) is 5.91 Å². The molecule has 0 aromatic heterocycles. The van der Waals surface area contributed by atoms with Crippen molar-refractivity contribution in [1.82, 2.24) is 5.32 Å². The van der Waals surface area contributed by atoms with E-state index in [2.05, 4.69) is 5.32 Å². The lowest BCUT2D eigenvalue weighted by molar-refractivity contribution is -0.123. The van der Waals surface area contributed by atoms with Gasteiger partial charge < -0.3 is 10.4 Å². The van der Waals surface area contributed by atoms with Crippen molar-refractivity contribution in [3.63, 3.8) is 0 Å². The molecule has 1 fully saturated rings.